The first-order valence-corrected chi connectivity index (χ1v) is 13.6. The first kappa shape index (κ1) is 29.7. The molecule has 0 aliphatic carbocycles. The largest absolute Gasteiger partial charge is 0.493 e. The van der Waals surface area contributed by atoms with Crippen molar-refractivity contribution in [3.63, 3.8) is 0 Å². The number of hydrogen-bond acceptors (Lipinski definition) is 7. The number of ether oxygens (including phenoxy) is 2. The molecule has 3 rings (SSSR count). The van der Waals surface area contributed by atoms with Crippen molar-refractivity contribution in [2.75, 3.05) is 25.2 Å². The third kappa shape index (κ3) is 7.61. The average molecular weight is 550 g/mol. The van der Waals surface area contributed by atoms with Crippen LogP contribution >= 0.6 is 11.8 Å². The van der Waals surface area contributed by atoms with Gasteiger partial charge >= 0.3 is 0 Å². The minimum atomic E-state index is -0.797. The summed E-state index contributed by atoms with van der Waals surface area (Å²) in [5, 5.41) is 1.76. The van der Waals surface area contributed by atoms with Gasteiger partial charge in [0.1, 0.15) is 0 Å². The van der Waals surface area contributed by atoms with Gasteiger partial charge in [-0.2, -0.15) is 0 Å². The van der Waals surface area contributed by atoms with Gasteiger partial charge in [0, 0.05) is 17.7 Å². The van der Waals surface area contributed by atoms with Crippen LogP contribution in [0.4, 0.5) is 5.69 Å². The predicted molar refractivity (Wildman–Crippen MR) is 156 cm³/mol. The number of rotatable bonds is 13. The molecule has 1 saturated heterocycles. The van der Waals surface area contributed by atoms with E-state index >= 15 is 0 Å². The zero-order valence-corrected chi connectivity index (χ0v) is 23.3. The number of thioether (sulfide) groups is 1. The number of amides is 2. The fourth-order valence-corrected chi connectivity index (χ4v) is 5.52. The molecule has 39 heavy (non-hydrogen) atoms. The maximum absolute atomic E-state index is 13.6. The first-order chi connectivity index (χ1) is 18.8. The van der Waals surface area contributed by atoms with Crippen molar-refractivity contribution in [3.8, 4) is 11.5 Å². The van der Waals surface area contributed by atoms with Crippen LogP contribution in [0.3, 0.4) is 0 Å². The Balaban J connectivity index is 1.85. The van der Waals surface area contributed by atoms with Gasteiger partial charge in [0.05, 0.1) is 32.1 Å². The highest BCUT2D eigenvalue weighted by molar-refractivity contribution is 8.01. The quantitative estimate of drug-likeness (QED) is 0.281. The van der Waals surface area contributed by atoms with Crippen LogP contribution in [0, 0.1) is 0 Å². The van der Waals surface area contributed by atoms with Crippen LogP contribution in [-0.2, 0) is 16.0 Å². The number of Topliss-reactive ketones (excluding diaryl/α,β-unsaturated/α-hetero) is 1. The molecule has 0 spiro atoms. The van der Waals surface area contributed by atoms with Crippen LogP contribution in [0.15, 0.2) is 78.9 Å². The fraction of sp³-hybridized carbons (Fsp3) is 0.300. The molecule has 3 N–H and O–H groups in total. The summed E-state index contributed by atoms with van der Waals surface area (Å²) in [4.78, 5) is 40.5. The lowest BCUT2D eigenvalue weighted by Crippen LogP contribution is -2.42. The number of anilines is 1. The smallest absolute Gasteiger partial charge is 0.261 e. The van der Waals surface area contributed by atoms with E-state index in [0.717, 1.165) is 11.1 Å². The molecular weight excluding hydrogens is 514 g/mol. The fourth-order valence-electron chi connectivity index (χ4n) is 4.14. The van der Waals surface area contributed by atoms with E-state index in [2.05, 4.69) is 11.9 Å². The van der Waals surface area contributed by atoms with E-state index in [9.17, 15) is 14.4 Å². The van der Waals surface area contributed by atoms with Crippen molar-refractivity contribution in [1.29, 1.82) is 0 Å². The number of hydrogen-bond donors (Lipinski definition) is 2. The van der Waals surface area contributed by atoms with Gasteiger partial charge < -0.3 is 20.5 Å². The van der Waals surface area contributed by atoms with Gasteiger partial charge in [-0.25, -0.2) is 0 Å². The third-order valence-corrected chi connectivity index (χ3v) is 7.32. The molecule has 1 aliphatic rings. The Bertz CT molecular complexity index is 1270. The lowest BCUT2D eigenvalue weighted by atomic mass is 10.1. The van der Waals surface area contributed by atoms with E-state index in [1.54, 1.807) is 60.6 Å². The second-order valence-electron chi connectivity index (χ2n) is 8.69. The monoisotopic (exact) mass is 549 g/mol. The van der Waals surface area contributed by atoms with Crippen molar-refractivity contribution in [3.05, 3.63) is 90.0 Å². The molecule has 2 aromatic rings. The van der Waals surface area contributed by atoms with Gasteiger partial charge in [0.2, 0.25) is 5.91 Å². The number of nitrogens with two attached hydrogens (primary N) is 1. The Kier molecular flexibility index (Phi) is 11.0. The van der Waals surface area contributed by atoms with E-state index in [-0.39, 0.29) is 35.9 Å². The maximum atomic E-state index is 13.6. The number of methoxy groups -OCH3 is 1. The molecule has 0 radical (unpaired) electrons. The van der Waals surface area contributed by atoms with E-state index in [0.29, 0.717) is 35.8 Å². The number of ketones is 1. The standard InChI is InChI=1S/C30H35N3O5S/c1-5-8-10-20(6-2)17-28-33(23-12-9-11-22(18-23)24(34)19-31)30(36)29(39-28)32-27(35)16-21-13-14-25(37-4)26(15-21)38-7-3/h5-6,8-15,18,28-29H,2,7,16-17,19,31H2,1,3-4H3,(H,32,35)/b8-5-,20-10+. The maximum Gasteiger partial charge on any atom is 0.261 e. The van der Waals surface area contributed by atoms with Crippen LogP contribution in [0.25, 0.3) is 0 Å². The van der Waals surface area contributed by atoms with Gasteiger partial charge in [-0.05, 0) is 49.2 Å². The van der Waals surface area contributed by atoms with Crippen LogP contribution < -0.4 is 25.4 Å². The first-order valence-electron chi connectivity index (χ1n) is 12.7. The zero-order chi connectivity index (χ0) is 28.4. The second-order valence-corrected chi connectivity index (χ2v) is 9.98. The topological polar surface area (TPSA) is 111 Å². The number of nitrogens with zero attached hydrogens (tertiary/aromatic N) is 1. The molecule has 206 valence electrons. The molecule has 0 aromatic heterocycles. The molecular formula is C30H35N3O5S. The summed E-state index contributed by atoms with van der Waals surface area (Å²) in [7, 11) is 1.56. The number of nitrogens with one attached hydrogen (secondary N) is 1. The summed E-state index contributed by atoms with van der Waals surface area (Å²) < 4.78 is 10.9. The number of benzene rings is 2. The van der Waals surface area contributed by atoms with Gasteiger partial charge in [-0.1, -0.05) is 49.1 Å². The highest BCUT2D eigenvalue weighted by atomic mass is 32.2. The van der Waals surface area contributed by atoms with Crippen molar-refractivity contribution in [1.82, 2.24) is 5.32 Å². The lowest BCUT2D eigenvalue weighted by molar-refractivity contribution is -0.125. The Labute approximate surface area is 233 Å². The van der Waals surface area contributed by atoms with Gasteiger partial charge in [-0.3, -0.25) is 19.3 Å². The molecule has 2 unspecified atom stereocenters. The van der Waals surface area contributed by atoms with Gasteiger partial charge in [0.15, 0.2) is 22.7 Å². The van der Waals surface area contributed by atoms with Crippen LogP contribution in [0.1, 0.15) is 36.2 Å². The molecule has 9 heteroatoms. The zero-order valence-electron chi connectivity index (χ0n) is 22.5. The molecule has 0 bridgehead atoms. The Hall–Kier alpha value is -3.82. The van der Waals surface area contributed by atoms with E-state index in [1.165, 1.54) is 11.8 Å². The van der Waals surface area contributed by atoms with Crippen LogP contribution in [0.2, 0.25) is 0 Å². The second kappa shape index (κ2) is 14.4. The van der Waals surface area contributed by atoms with Crippen molar-refractivity contribution < 1.29 is 23.9 Å². The van der Waals surface area contributed by atoms with Crippen molar-refractivity contribution in [2.45, 2.75) is 37.4 Å². The molecule has 2 amide bonds. The van der Waals surface area contributed by atoms with Crippen LogP contribution in [-0.4, -0.2) is 48.6 Å². The molecule has 1 aliphatic heterocycles. The number of allylic oxidation sites excluding steroid dienone is 4. The molecule has 1 fully saturated rings. The van der Waals surface area contributed by atoms with Crippen molar-refractivity contribution in [2.24, 2.45) is 5.73 Å². The van der Waals surface area contributed by atoms with Gasteiger partial charge in [0.25, 0.3) is 5.91 Å². The van der Waals surface area contributed by atoms with E-state index in [1.807, 2.05) is 32.1 Å². The predicted octanol–water partition coefficient (Wildman–Crippen LogP) is 4.40. The average Bonchev–Trinajstić information content (AvgIpc) is 3.24. The SMILES string of the molecule is C=C/C(=C\C=C/C)CC1SC(NC(=O)Cc2ccc(OC)c(OCC)c2)C(=O)N1c1cccc(C(=O)CN)c1. The summed E-state index contributed by atoms with van der Waals surface area (Å²) in [6, 6.07) is 12.2. The Morgan fingerprint density at radius 1 is 1.21 bits per heavy atom. The summed E-state index contributed by atoms with van der Waals surface area (Å²) in [5.41, 5.74) is 8.22. The lowest BCUT2D eigenvalue weighted by Gasteiger charge is -2.24. The summed E-state index contributed by atoms with van der Waals surface area (Å²) in [6.45, 7) is 8.03. The third-order valence-electron chi connectivity index (χ3n) is 6.03. The van der Waals surface area contributed by atoms with Gasteiger partial charge in [-0.15, -0.1) is 11.8 Å². The minimum Gasteiger partial charge on any atom is -0.493 e. The molecule has 8 nitrogen and oxygen atoms in total. The molecule has 2 aromatic carbocycles. The number of carbonyl (C=O) groups excluding carboxylic acids is 3. The normalized spacial score (nSPS) is 17.4. The number of carbonyl (C=O) groups is 3. The summed E-state index contributed by atoms with van der Waals surface area (Å²) >= 11 is 1.35. The Morgan fingerprint density at radius 3 is 2.67 bits per heavy atom. The highest BCUT2D eigenvalue weighted by Gasteiger charge is 2.42. The molecule has 2 atom stereocenters. The van der Waals surface area contributed by atoms with E-state index in [4.69, 9.17) is 15.2 Å². The molecule has 0 saturated carbocycles. The van der Waals surface area contributed by atoms with Crippen LogP contribution in [0.5, 0.6) is 11.5 Å². The highest BCUT2D eigenvalue weighted by Crippen LogP contribution is 2.38. The molecule has 1 heterocycles. The Morgan fingerprint density at radius 2 is 2.00 bits per heavy atom. The summed E-state index contributed by atoms with van der Waals surface area (Å²) in [5.74, 6) is 0.354. The summed E-state index contributed by atoms with van der Waals surface area (Å²) in [6.07, 6.45) is 8.09. The van der Waals surface area contributed by atoms with Crippen molar-refractivity contribution >= 4 is 35.0 Å². The minimum absolute atomic E-state index is 0.0681. The van der Waals surface area contributed by atoms with E-state index < -0.39 is 5.37 Å².